The second-order valence-electron chi connectivity index (χ2n) is 3.46. The van der Waals surface area contributed by atoms with E-state index in [0.29, 0.717) is 27.8 Å². The van der Waals surface area contributed by atoms with Gasteiger partial charge in [0, 0.05) is 5.02 Å². The first-order chi connectivity index (χ1) is 8.16. The molecule has 2 aromatic carbocycles. The molecule has 0 saturated heterocycles. The van der Waals surface area contributed by atoms with Crippen LogP contribution in [-0.4, -0.2) is 0 Å². The van der Waals surface area contributed by atoms with Crippen molar-refractivity contribution in [3.05, 3.63) is 47.5 Å². The van der Waals surface area contributed by atoms with Crippen molar-refractivity contribution in [3.8, 4) is 0 Å². The molecule has 0 amide bonds. The molecule has 0 aliphatic heterocycles. The van der Waals surface area contributed by atoms with Crippen LogP contribution in [0.1, 0.15) is 0 Å². The van der Waals surface area contributed by atoms with Gasteiger partial charge in [0.05, 0.1) is 11.4 Å². The third-order valence-corrected chi connectivity index (χ3v) is 2.43. The zero-order valence-electron chi connectivity index (χ0n) is 8.97. The number of hydrogen-bond acceptors (Lipinski definition) is 4. The molecule has 0 saturated carbocycles. The highest BCUT2D eigenvalue weighted by Gasteiger charge is 1.99. The first-order valence-electron chi connectivity index (χ1n) is 4.98. The van der Waals surface area contributed by atoms with Gasteiger partial charge in [0.15, 0.2) is 0 Å². The number of nitrogens with zero attached hydrogens (tertiary/aromatic N) is 2. The van der Waals surface area contributed by atoms with Gasteiger partial charge >= 0.3 is 0 Å². The number of anilines is 2. The normalized spacial score (nSPS) is 10.9. The fraction of sp³-hybridized carbons (Fsp3) is 0. The molecule has 0 aliphatic carbocycles. The zero-order chi connectivity index (χ0) is 12.3. The Balaban J connectivity index is 2.32. The van der Waals surface area contributed by atoms with E-state index in [-0.39, 0.29) is 0 Å². The Kier molecular flexibility index (Phi) is 3.25. The Bertz CT molecular complexity index is 566. The van der Waals surface area contributed by atoms with Crippen molar-refractivity contribution in [1.82, 2.24) is 0 Å². The van der Waals surface area contributed by atoms with Crippen LogP contribution in [0, 0.1) is 0 Å². The summed E-state index contributed by atoms with van der Waals surface area (Å²) < 4.78 is 0. The molecule has 0 aliphatic rings. The van der Waals surface area contributed by atoms with Gasteiger partial charge in [-0.15, -0.1) is 10.2 Å². The molecule has 4 N–H and O–H groups in total. The summed E-state index contributed by atoms with van der Waals surface area (Å²) in [6.45, 7) is 0. The largest absolute Gasteiger partial charge is 0.397 e. The van der Waals surface area contributed by atoms with E-state index in [1.807, 2.05) is 12.1 Å². The van der Waals surface area contributed by atoms with Crippen LogP contribution in [0.4, 0.5) is 22.7 Å². The smallest absolute Gasteiger partial charge is 0.110 e. The van der Waals surface area contributed by atoms with E-state index in [2.05, 4.69) is 10.2 Å². The Morgan fingerprint density at radius 2 is 1.47 bits per heavy atom. The van der Waals surface area contributed by atoms with Crippen LogP contribution < -0.4 is 11.5 Å². The molecular weight excluding hydrogens is 236 g/mol. The van der Waals surface area contributed by atoms with Gasteiger partial charge in [0.25, 0.3) is 0 Å². The average molecular weight is 247 g/mol. The molecular formula is C12H11ClN4. The average Bonchev–Trinajstić information content (AvgIpc) is 2.32. The van der Waals surface area contributed by atoms with Crippen LogP contribution in [-0.2, 0) is 0 Å². The van der Waals surface area contributed by atoms with Crippen molar-refractivity contribution >= 4 is 34.4 Å². The molecule has 2 aromatic rings. The number of hydrogen-bond donors (Lipinski definition) is 2. The fourth-order valence-corrected chi connectivity index (χ4v) is 1.46. The van der Waals surface area contributed by atoms with Crippen molar-refractivity contribution in [3.63, 3.8) is 0 Å². The van der Waals surface area contributed by atoms with Gasteiger partial charge in [-0.1, -0.05) is 23.7 Å². The lowest BCUT2D eigenvalue weighted by molar-refractivity contribution is 1.23. The van der Waals surface area contributed by atoms with Crippen molar-refractivity contribution in [2.75, 3.05) is 11.5 Å². The summed E-state index contributed by atoms with van der Waals surface area (Å²) in [5, 5.41) is 8.64. The summed E-state index contributed by atoms with van der Waals surface area (Å²) in [5.74, 6) is 0. The second-order valence-corrected chi connectivity index (χ2v) is 3.90. The van der Waals surface area contributed by atoms with E-state index >= 15 is 0 Å². The minimum atomic E-state index is 0.521. The molecule has 0 spiro atoms. The minimum absolute atomic E-state index is 0.521. The lowest BCUT2D eigenvalue weighted by Gasteiger charge is -2.00. The molecule has 17 heavy (non-hydrogen) atoms. The Labute approximate surface area is 104 Å². The number of nitrogens with two attached hydrogens (primary N) is 2. The predicted octanol–water partition coefficient (Wildman–Crippen LogP) is 3.92. The molecule has 5 heteroatoms. The van der Waals surface area contributed by atoms with Crippen molar-refractivity contribution in [1.29, 1.82) is 0 Å². The van der Waals surface area contributed by atoms with Gasteiger partial charge in [0.2, 0.25) is 0 Å². The maximum absolute atomic E-state index is 5.85. The summed E-state index contributed by atoms with van der Waals surface area (Å²) in [6.07, 6.45) is 0. The van der Waals surface area contributed by atoms with Crippen LogP contribution in [0.25, 0.3) is 0 Å². The molecule has 4 nitrogen and oxygen atoms in total. The number of benzene rings is 2. The SMILES string of the molecule is Nc1ccccc1N=Nc1cc(Cl)ccc1N. The van der Waals surface area contributed by atoms with Gasteiger partial charge in [-0.25, -0.2) is 0 Å². The summed E-state index contributed by atoms with van der Waals surface area (Å²) in [5.41, 5.74) is 13.7. The first-order valence-corrected chi connectivity index (χ1v) is 5.36. The predicted molar refractivity (Wildman–Crippen MR) is 70.9 cm³/mol. The summed E-state index contributed by atoms with van der Waals surface area (Å²) in [7, 11) is 0. The van der Waals surface area contributed by atoms with Crippen LogP contribution in [0.5, 0.6) is 0 Å². The maximum Gasteiger partial charge on any atom is 0.110 e. The molecule has 0 radical (unpaired) electrons. The Morgan fingerprint density at radius 3 is 2.24 bits per heavy atom. The van der Waals surface area contributed by atoms with Crippen molar-refractivity contribution in [2.45, 2.75) is 0 Å². The van der Waals surface area contributed by atoms with Gasteiger partial charge in [-0.3, -0.25) is 0 Å². The highest BCUT2D eigenvalue weighted by Crippen LogP contribution is 2.29. The van der Waals surface area contributed by atoms with E-state index in [9.17, 15) is 0 Å². The third kappa shape index (κ3) is 2.73. The first kappa shape index (κ1) is 11.4. The second kappa shape index (κ2) is 4.84. The molecule has 0 unspecified atom stereocenters. The highest BCUT2D eigenvalue weighted by molar-refractivity contribution is 6.31. The summed E-state index contributed by atoms with van der Waals surface area (Å²) >= 11 is 5.85. The van der Waals surface area contributed by atoms with Crippen molar-refractivity contribution < 1.29 is 0 Å². The van der Waals surface area contributed by atoms with Crippen LogP contribution in [0.2, 0.25) is 5.02 Å². The van der Waals surface area contributed by atoms with Crippen LogP contribution in [0.3, 0.4) is 0 Å². The maximum atomic E-state index is 5.85. The van der Waals surface area contributed by atoms with E-state index < -0.39 is 0 Å². The van der Waals surface area contributed by atoms with Gasteiger partial charge in [0.1, 0.15) is 11.4 Å². The number of halogens is 1. The highest BCUT2D eigenvalue weighted by atomic mass is 35.5. The Hall–Kier alpha value is -2.07. The third-order valence-electron chi connectivity index (χ3n) is 2.19. The molecule has 0 aromatic heterocycles. The lowest BCUT2D eigenvalue weighted by Crippen LogP contribution is -1.85. The standard InChI is InChI=1S/C12H11ClN4/c13-8-5-6-10(15)12(7-8)17-16-11-4-2-1-3-9(11)14/h1-7H,14-15H2. The van der Waals surface area contributed by atoms with E-state index in [1.54, 1.807) is 30.3 Å². The van der Waals surface area contributed by atoms with E-state index in [0.717, 1.165) is 0 Å². The molecule has 2 rings (SSSR count). The van der Waals surface area contributed by atoms with Crippen LogP contribution >= 0.6 is 11.6 Å². The molecule has 0 fully saturated rings. The molecule has 86 valence electrons. The van der Waals surface area contributed by atoms with Crippen molar-refractivity contribution in [2.24, 2.45) is 10.2 Å². The van der Waals surface area contributed by atoms with Gasteiger partial charge < -0.3 is 11.5 Å². The fourth-order valence-electron chi connectivity index (χ4n) is 1.29. The molecule has 0 atom stereocenters. The minimum Gasteiger partial charge on any atom is -0.397 e. The number of nitrogen functional groups attached to an aromatic ring is 2. The topological polar surface area (TPSA) is 76.8 Å². The number of azo groups is 1. The number of para-hydroxylation sites is 1. The summed E-state index contributed by atoms with van der Waals surface area (Å²) in [4.78, 5) is 0. The Morgan fingerprint density at radius 1 is 0.824 bits per heavy atom. The summed E-state index contributed by atoms with van der Waals surface area (Å²) in [6, 6.07) is 12.3. The van der Waals surface area contributed by atoms with Gasteiger partial charge in [-0.05, 0) is 30.3 Å². The molecule has 0 heterocycles. The number of rotatable bonds is 2. The van der Waals surface area contributed by atoms with E-state index in [4.69, 9.17) is 23.1 Å². The quantitative estimate of drug-likeness (QED) is 0.622. The molecule has 0 bridgehead atoms. The zero-order valence-corrected chi connectivity index (χ0v) is 9.72. The monoisotopic (exact) mass is 246 g/mol. The van der Waals surface area contributed by atoms with E-state index in [1.165, 1.54) is 0 Å². The van der Waals surface area contributed by atoms with Gasteiger partial charge in [-0.2, -0.15) is 0 Å². The van der Waals surface area contributed by atoms with Crippen LogP contribution in [0.15, 0.2) is 52.7 Å². The lowest BCUT2D eigenvalue weighted by atomic mass is 10.3.